The minimum absolute atomic E-state index is 0.0580. The Kier molecular flexibility index (Phi) is 7.42. The number of anilines is 2. The molecule has 2 N–H and O–H groups in total. The van der Waals surface area contributed by atoms with Crippen molar-refractivity contribution >= 4 is 34.9 Å². The molecule has 2 aliphatic heterocycles. The van der Waals surface area contributed by atoms with E-state index in [1.165, 1.54) is 30.7 Å². The maximum atomic E-state index is 11.9. The van der Waals surface area contributed by atoms with E-state index in [2.05, 4.69) is 84.5 Å². The molecular formula is C31H32N4O2S2. The number of pyridine rings is 2. The van der Waals surface area contributed by atoms with Gasteiger partial charge in [0.15, 0.2) is 0 Å². The van der Waals surface area contributed by atoms with Gasteiger partial charge in [-0.25, -0.2) is 0 Å². The number of H-pyrrole nitrogens is 1. The predicted molar refractivity (Wildman–Crippen MR) is 159 cm³/mol. The van der Waals surface area contributed by atoms with Crippen molar-refractivity contribution in [3.05, 3.63) is 100 Å². The van der Waals surface area contributed by atoms with E-state index < -0.39 is 0 Å². The minimum atomic E-state index is -0.0834. The lowest BCUT2D eigenvalue weighted by molar-refractivity contribution is 0.0379. The van der Waals surface area contributed by atoms with E-state index in [0.717, 1.165) is 23.6 Å². The monoisotopic (exact) mass is 556 g/mol. The fourth-order valence-electron chi connectivity index (χ4n) is 5.09. The highest BCUT2D eigenvalue weighted by Crippen LogP contribution is 2.52. The lowest BCUT2D eigenvalue weighted by Gasteiger charge is -2.36. The molecule has 2 atom stereocenters. The van der Waals surface area contributed by atoms with Crippen molar-refractivity contribution in [1.82, 2.24) is 9.97 Å². The first-order chi connectivity index (χ1) is 18.9. The summed E-state index contributed by atoms with van der Waals surface area (Å²) in [5.41, 5.74) is 5.39. The van der Waals surface area contributed by atoms with Crippen molar-refractivity contribution in [1.29, 1.82) is 0 Å². The van der Waals surface area contributed by atoms with Crippen LogP contribution in [-0.4, -0.2) is 29.7 Å². The largest absolute Gasteiger partial charge is 0.376 e. The summed E-state index contributed by atoms with van der Waals surface area (Å²) < 4.78 is 6.27. The fourth-order valence-corrected chi connectivity index (χ4v) is 7.54. The normalized spacial score (nSPS) is 17.4. The Labute approximate surface area is 237 Å². The molecule has 0 saturated carbocycles. The van der Waals surface area contributed by atoms with Gasteiger partial charge in [0.25, 0.3) is 0 Å². The SMILES string of the molecule is Cc1ccc(C(Nc2ccc3c(c2)Sc2cccc(C4CN(c5cc[nH]c(=O)c5)CCO4)c2S3)C(C)C)nc1. The zero-order valence-electron chi connectivity index (χ0n) is 22.3. The van der Waals surface area contributed by atoms with Crippen LogP contribution in [0.3, 0.4) is 0 Å². The number of aromatic nitrogens is 2. The minimum Gasteiger partial charge on any atom is -0.376 e. The summed E-state index contributed by atoms with van der Waals surface area (Å²) in [6.07, 6.45) is 3.59. The fraction of sp³-hybridized carbons (Fsp3) is 0.290. The second-order valence-electron chi connectivity index (χ2n) is 10.4. The van der Waals surface area contributed by atoms with Crippen molar-refractivity contribution < 1.29 is 4.74 Å². The molecule has 4 heterocycles. The van der Waals surface area contributed by atoms with Crippen LogP contribution in [0, 0.1) is 12.8 Å². The number of rotatable bonds is 6. The summed E-state index contributed by atoms with van der Waals surface area (Å²) in [5.74, 6) is 0.394. The predicted octanol–water partition coefficient (Wildman–Crippen LogP) is 7.08. The van der Waals surface area contributed by atoms with Crippen molar-refractivity contribution in [2.45, 2.75) is 52.5 Å². The average Bonchev–Trinajstić information content (AvgIpc) is 2.95. The number of aryl methyl sites for hydroxylation is 1. The van der Waals surface area contributed by atoms with Crippen molar-refractivity contribution in [2.75, 3.05) is 29.9 Å². The van der Waals surface area contributed by atoms with Gasteiger partial charge < -0.3 is 19.9 Å². The number of hydrogen-bond acceptors (Lipinski definition) is 7. The Hall–Kier alpha value is -3.20. The lowest BCUT2D eigenvalue weighted by Crippen LogP contribution is -2.39. The topological polar surface area (TPSA) is 70.2 Å². The number of ether oxygens (including phenoxy) is 1. The van der Waals surface area contributed by atoms with Gasteiger partial charge in [0.1, 0.15) is 6.10 Å². The Morgan fingerprint density at radius 2 is 1.95 bits per heavy atom. The molecule has 0 aliphatic carbocycles. The third-order valence-electron chi connectivity index (χ3n) is 7.16. The van der Waals surface area contributed by atoms with Crippen LogP contribution in [-0.2, 0) is 4.74 Å². The van der Waals surface area contributed by atoms with Gasteiger partial charge in [-0.15, -0.1) is 0 Å². The van der Waals surface area contributed by atoms with Crippen molar-refractivity contribution in [3.8, 4) is 0 Å². The van der Waals surface area contributed by atoms with E-state index in [-0.39, 0.29) is 17.7 Å². The second kappa shape index (κ2) is 11.1. The quantitative estimate of drug-likeness (QED) is 0.232. The smallest absolute Gasteiger partial charge is 0.249 e. The molecule has 6 rings (SSSR count). The van der Waals surface area contributed by atoms with Crippen LogP contribution in [0.1, 0.15) is 42.8 Å². The summed E-state index contributed by atoms with van der Waals surface area (Å²) in [6, 6.07) is 21.2. The second-order valence-corrected chi connectivity index (χ2v) is 12.5. The third kappa shape index (κ3) is 5.60. The van der Waals surface area contributed by atoms with Gasteiger partial charge in [0.2, 0.25) is 5.56 Å². The molecule has 0 amide bonds. The van der Waals surface area contributed by atoms with E-state index >= 15 is 0 Å². The van der Waals surface area contributed by atoms with Gasteiger partial charge in [0, 0.05) is 62.5 Å². The molecule has 8 heteroatoms. The highest BCUT2D eigenvalue weighted by Gasteiger charge is 2.28. The molecule has 6 nitrogen and oxygen atoms in total. The summed E-state index contributed by atoms with van der Waals surface area (Å²) in [5, 5.41) is 3.74. The number of nitrogens with one attached hydrogen (secondary N) is 2. The molecule has 0 radical (unpaired) electrons. The number of benzene rings is 2. The maximum absolute atomic E-state index is 11.9. The Balaban J connectivity index is 1.23. The highest BCUT2D eigenvalue weighted by molar-refractivity contribution is 8.05. The van der Waals surface area contributed by atoms with E-state index in [0.29, 0.717) is 19.1 Å². The van der Waals surface area contributed by atoms with Crippen LogP contribution in [0.2, 0.25) is 0 Å². The molecule has 2 aromatic heterocycles. The zero-order chi connectivity index (χ0) is 26.9. The van der Waals surface area contributed by atoms with E-state index in [1.807, 2.05) is 35.8 Å². The summed E-state index contributed by atoms with van der Waals surface area (Å²) >= 11 is 3.64. The van der Waals surface area contributed by atoms with Crippen LogP contribution < -0.4 is 15.8 Å². The van der Waals surface area contributed by atoms with Crippen molar-refractivity contribution in [3.63, 3.8) is 0 Å². The van der Waals surface area contributed by atoms with Gasteiger partial charge in [-0.2, -0.15) is 0 Å². The van der Waals surface area contributed by atoms with Gasteiger partial charge in [-0.1, -0.05) is 55.6 Å². The van der Waals surface area contributed by atoms with Crippen LogP contribution in [0.4, 0.5) is 11.4 Å². The molecule has 4 aromatic rings. The Bertz CT molecular complexity index is 1540. The molecule has 2 unspecified atom stereocenters. The first kappa shape index (κ1) is 26.0. The molecule has 200 valence electrons. The summed E-state index contributed by atoms with van der Waals surface area (Å²) in [4.78, 5) is 26.5. The van der Waals surface area contributed by atoms with Gasteiger partial charge in [-0.3, -0.25) is 9.78 Å². The Morgan fingerprint density at radius 1 is 1.05 bits per heavy atom. The standard InChI is InChI=1S/C31H32N4O2S2/c1-19(2)30(24-9-7-20(3)17-33-24)34-21-8-10-26-28(15-21)38-27-6-4-5-23(31(27)39-26)25-18-35(13-14-37-25)22-11-12-32-29(36)16-22/h4-12,15-17,19,25,30,34H,13-14,18H2,1-3H3,(H,32,36). The maximum Gasteiger partial charge on any atom is 0.249 e. The molecule has 2 aromatic carbocycles. The van der Waals surface area contributed by atoms with E-state index in [9.17, 15) is 4.79 Å². The summed E-state index contributed by atoms with van der Waals surface area (Å²) in [6.45, 7) is 8.62. The average molecular weight is 557 g/mol. The number of fused-ring (bicyclic) bond motifs is 2. The Morgan fingerprint density at radius 3 is 2.74 bits per heavy atom. The lowest BCUT2D eigenvalue weighted by atomic mass is 9.99. The highest BCUT2D eigenvalue weighted by atomic mass is 32.2. The van der Waals surface area contributed by atoms with Crippen LogP contribution in [0.25, 0.3) is 0 Å². The van der Waals surface area contributed by atoms with Crippen LogP contribution >= 0.6 is 23.5 Å². The number of morpholine rings is 1. The molecule has 2 aliphatic rings. The molecule has 0 bridgehead atoms. The van der Waals surface area contributed by atoms with Crippen molar-refractivity contribution in [2.24, 2.45) is 5.92 Å². The molecular weight excluding hydrogens is 525 g/mol. The molecule has 39 heavy (non-hydrogen) atoms. The molecule has 1 saturated heterocycles. The van der Waals surface area contributed by atoms with E-state index in [4.69, 9.17) is 9.72 Å². The van der Waals surface area contributed by atoms with Crippen LogP contribution in [0.5, 0.6) is 0 Å². The summed E-state index contributed by atoms with van der Waals surface area (Å²) in [7, 11) is 0. The first-order valence-electron chi connectivity index (χ1n) is 13.3. The number of aromatic amines is 1. The number of hydrogen-bond donors (Lipinski definition) is 2. The van der Waals surface area contributed by atoms with Gasteiger partial charge >= 0.3 is 0 Å². The van der Waals surface area contributed by atoms with Gasteiger partial charge in [0.05, 0.1) is 18.3 Å². The zero-order valence-corrected chi connectivity index (χ0v) is 23.9. The third-order valence-corrected chi connectivity index (χ3v) is 9.78. The molecule has 0 spiro atoms. The molecule has 1 fully saturated rings. The number of nitrogens with zero attached hydrogens (tertiary/aromatic N) is 2. The van der Waals surface area contributed by atoms with Gasteiger partial charge in [-0.05, 0) is 60.4 Å². The van der Waals surface area contributed by atoms with Crippen LogP contribution in [0.15, 0.2) is 97.4 Å². The van der Waals surface area contributed by atoms with E-state index in [1.54, 1.807) is 12.3 Å². The first-order valence-corrected chi connectivity index (χ1v) is 14.9.